The van der Waals surface area contributed by atoms with Crippen LogP contribution in [0.15, 0.2) is 0 Å². The molecule has 0 radical (unpaired) electrons. The topological polar surface area (TPSA) is 20.2 Å². The van der Waals surface area contributed by atoms with Crippen LogP contribution in [0.5, 0.6) is 0 Å². The molecule has 0 saturated heterocycles. The summed E-state index contributed by atoms with van der Waals surface area (Å²) in [5.74, 6) is 0. The van der Waals surface area contributed by atoms with E-state index < -0.39 is 0 Å². The van der Waals surface area contributed by atoms with E-state index in [1.165, 1.54) is 57.8 Å². The lowest BCUT2D eigenvalue weighted by atomic mass is 10.1. The predicted molar refractivity (Wildman–Crippen MR) is 71.3 cm³/mol. The molecule has 0 bridgehead atoms. The van der Waals surface area contributed by atoms with Gasteiger partial charge in [0.1, 0.15) is 0 Å². The van der Waals surface area contributed by atoms with E-state index in [0.29, 0.717) is 0 Å². The molecular weight excluding hydrogens is 325 g/mol. The summed E-state index contributed by atoms with van der Waals surface area (Å²) in [5.41, 5.74) is 0. The van der Waals surface area contributed by atoms with Crippen molar-refractivity contribution in [3.63, 3.8) is 0 Å². The van der Waals surface area contributed by atoms with Gasteiger partial charge < -0.3 is 33.6 Å². The van der Waals surface area contributed by atoms with Crippen LogP contribution in [0, 0.1) is 0 Å². The van der Waals surface area contributed by atoms with Crippen LogP contribution in [0.1, 0.15) is 64.7 Å². The molecule has 0 unspecified atom stereocenters. The van der Waals surface area contributed by atoms with E-state index in [4.69, 9.17) is 5.11 Å². The van der Waals surface area contributed by atoms with Gasteiger partial charge in [0.15, 0.2) is 6.73 Å². The first kappa shape index (κ1) is 20.0. The molecular formula is C14H32INO. The van der Waals surface area contributed by atoms with E-state index >= 15 is 0 Å². The molecule has 2 nitrogen and oxygen atoms in total. The summed E-state index contributed by atoms with van der Waals surface area (Å²) in [6.07, 6.45) is 12.4. The maximum atomic E-state index is 9.09. The molecule has 0 saturated carbocycles. The lowest BCUT2D eigenvalue weighted by molar-refractivity contribution is -0.909. The Bertz CT molecular complexity index is 151. The first-order valence-corrected chi connectivity index (χ1v) is 7.05. The standard InChI is InChI=1S/C14H32NO.HI/c1-4-5-6-7-8-9-10-11-12-13-15(2,3)14-16;/h16H,4-14H2,1-3H3;1H/q+1;/p-1. The van der Waals surface area contributed by atoms with Crippen LogP contribution in [-0.4, -0.2) is 37.0 Å². The summed E-state index contributed by atoms with van der Waals surface area (Å²) < 4.78 is 0.747. The maximum Gasteiger partial charge on any atom is 0.179 e. The molecule has 0 aliphatic heterocycles. The van der Waals surface area contributed by atoms with Crippen molar-refractivity contribution >= 4 is 0 Å². The highest BCUT2D eigenvalue weighted by Crippen LogP contribution is 2.10. The molecule has 0 aromatic carbocycles. The first-order chi connectivity index (χ1) is 7.62. The van der Waals surface area contributed by atoms with Crippen molar-refractivity contribution in [3.05, 3.63) is 0 Å². The van der Waals surface area contributed by atoms with Gasteiger partial charge in [-0.25, -0.2) is 0 Å². The van der Waals surface area contributed by atoms with Gasteiger partial charge in [-0.2, -0.15) is 0 Å². The van der Waals surface area contributed by atoms with E-state index in [1.54, 1.807) is 0 Å². The van der Waals surface area contributed by atoms with Crippen LogP contribution in [0.2, 0.25) is 0 Å². The minimum absolute atomic E-state index is 0. The highest BCUT2D eigenvalue weighted by atomic mass is 127. The number of aliphatic hydroxyl groups is 1. The van der Waals surface area contributed by atoms with E-state index in [2.05, 4.69) is 21.0 Å². The molecule has 0 aromatic heterocycles. The highest BCUT2D eigenvalue weighted by Gasteiger charge is 2.11. The van der Waals surface area contributed by atoms with Crippen molar-refractivity contribution in [2.45, 2.75) is 64.7 Å². The molecule has 0 aromatic rings. The fourth-order valence-corrected chi connectivity index (χ4v) is 1.92. The zero-order valence-electron chi connectivity index (χ0n) is 12.1. The quantitative estimate of drug-likeness (QED) is 0.248. The van der Waals surface area contributed by atoms with E-state index in [1.807, 2.05) is 0 Å². The third kappa shape index (κ3) is 14.6. The number of rotatable bonds is 11. The molecule has 1 N–H and O–H groups in total. The van der Waals surface area contributed by atoms with Crippen molar-refractivity contribution in [1.82, 2.24) is 0 Å². The van der Waals surface area contributed by atoms with Gasteiger partial charge in [-0.3, -0.25) is 0 Å². The van der Waals surface area contributed by atoms with E-state index in [-0.39, 0.29) is 30.7 Å². The summed E-state index contributed by atoms with van der Waals surface area (Å²) in [5, 5.41) is 9.09. The zero-order chi connectivity index (χ0) is 12.3. The van der Waals surface area contributed by atoms with Crippen LogP contribution in [0.25, 0.3) is 0 Å². The van der Waals surface area contributed by atoms with Crippen molar-refractivity contribution in [3.8, 4) is 0 Å². The Morgan fingerprint density at radius 1 is 0.765 bits per heavy atom. The summed E-state index contributed by atoms with van der Waals surface area (Å²) in [7, 11) is 4.18. The van der Waals surface area contributed by atoms with Crippen molar-refractivity contribution in [2.24, 2.45) is 0 Å². The smallest absolute Gasteiger partial charge is 0.179 e. The average molecular weight is 357 g/mol. The highest BCUT2D eigenvalue weighted by molar-refractivity contribution is 4.46. The zero-order valence-corrected chi connectivity index (χ0v) is 14.2. The average Bonchev–Trinajstić information content (AvgIpc) is 2.27. The summed E-state index contributed by atoms with van der Waals surface area (Å²) >= 11 is 0. The second kappa shape index (κ2) is 13.1. The number of aliphatic hydroxyl groups excluding tert-OH is 1. The second-order valence-corrected chi connectivity index (χ2v) is 5.63. The Morgan fingerprint density at radius 3 is 1.59 bits per heavy atom. The van der Waals surface area contributed by atoms with Crippen molar-refractivity contribution < 1.29 is 33.6 Å². The SMILES string of the molecule is CCCCCCCCCCC[N+](C)(C)CO.[I-]. The second-order valence-electron chi connectivity index (χ2n) is 5.63. The summed E-state index contributed by atoms with van der Waals surface area (Å²) in [6.45, 7) is 3.63. The van der Waals surface area contributed by atoms with Gasteiger partial charge in [0.2, 0.25) is 0 Å². The first-order valence-electron chi connectivity index (χ1n) is 7.05. The number of quaternary nitrogens is 1. The van der Waals surface area contributed by atoms with Crippen molar-refractivity contribution in [1.29, 1.82) is 0 Å². The fourth-order valence-electron chi connectivity index (χ4n) is 1.92. The Balaban J connectivity index is 0. The predicted octanol–water partition coefficient (Wildman–Crippen LogP) is 0.547. The third-order valence-electron chi connectivity index (χ3n) is 3.25. The third-order valence-corrected chi connectivity index (χ3v) is 3.25. The molecule has 0 aliphatic carbocycles. The number of hydrogen-bond donors (Lipinski definition) is 1. The molecule has 0 amide bonds. The summed E-state index contributed by atoms with van der Waals surface area (Å²) in [4.78, 5) is 0. The lowest BCUT2D eigenvalue weighted by Crippen LogP contribution is -3.00. The van der Waals surface area contributed by atoms with Crippen molar-refractivity contribution in [2.75, 3.05) is 27.4 Å². The van der Waals surface area contributed by atoms with Gasteiger partial charge in [-0.1, -0.05) is 51.9 Å². The normalized spacial score (nSPS) is 11.3. The van der Waals surface area contributed by atoms with Gasteiger partial charge in [-0.05, 0) is 12.8 Å². The largest absolute Gasteiger partial charge is 1.00 e. The monoisotopic (exact) mass is 357 g/mol. The molecule has 0 spiro atoms. The van der Waals surface area contributed by atoms with Crippen LogP contribution >= 0.6 is 0 Å². The minimum Gasteiger partial charge on any atom is -1.00 e. The molecule has 17 heavy (non-hydrogen) atoms. The maximum absolute atomic E-state index is 9.09. The Labute approximate surface area is 125 Å². The molecule has 0 fully saturated rings. The van der Waals surface area contributed by atoms with Crippen LogP contribution in [-0.2, 0) is 0 Å². The van der Waals surface area contributed by atoms with Crippen LogP contribution < -0.4 is 24.0 Å². The number of hydrogen-bond acceptors (Lipinski definition) is 1. The van der Waals surface area contributed by atoms with E-state index in [9.17, 15) is 0 Å². The van der Waals surface area contributed by atoms with Crippen LogP contribution in [0.3, 0.4) is 0 Å². The minimum atomic E-state index is 0. The summed E-state index contributed by atoms with van der Waals surface area (Å²) in [6, 6.07) is 0. The Morgan fingerprint density at radius 2 is 1.18 bits per heavy atom. The van der Waals surface area contributed by atoms with Crippen LogP contribution in [0.4, 0.5) is 0 Å². The molecule has 106 valence electrons. The Hall–Kier alpha value is 0.650. The lowest BCUT2D eigenvalue weighted by Gasteiger charge is -2.26. The van der Waals surface area contributed by atoms with Gasteiger partial charge in [-0.15, -0.1) is 0 Å². The fraction of sp³-hybridized carbons (Fsp3) is 1.00. The van der Waals surface area contributed by atoms with Gasteiger partial charge in [0.25, 0.3) is 0 Å². The number of unbranched alkanes of at least 4 members (excludes halogenated alkanes) is 8. The molecule has 0 aliphatic rings. The number of halogens is 1. The Kier molecular flexibility index (Phi) is 15.4. The molecule has 0 heterocycles. The van der Waals surface area contributed by atoms with E-state index in [0.717, 1.165) is 11.0 Å². The number of nitrogens with zero attached hydrogens (tertiary/aromatic N) is 1. The molecule has 0 atom stereocenters. The van der Waals surface area contributed by atoms with Gasteiger partial charge in [0, 0.05) is 0 Å². The van der Waals surface area contributed by atoms with Gasteiger partial charge >= 0.3 is 0 Å². The molecule has 3 heteroatoms. The molecule has 0 rings (SSSR count). The van der Waals surface area contributed by atoms with Gasteiger partial charge in [0.05, 0.1) is 20.6 Å².